The third-order valence-electron chi connectivity index (χ3n) is 3.17. The van der Waals surface area contributed by atoms with E-state index >= 15 is 0 Å². The molecule has 2 aromatic heterocycles. The fourth-order valence-corrected chi connectivity index (χ4v) is 1.88. The first kappa shape index (κ1) is 14.3. The molecule has 0 saturated carbocycles. The number of rotatable bonds is 2. The molecule has 0 aromatic carbocycles. The number of esters is 1. The van der Waals surface area contributed by atoms with Gasteiger partial charge in [0, 0.05) is 18.2 Å². The molecule has 6 heteroatoms. The van der Waals surface area contributed by atoms with Crippen molar-refractivity contribution in [1.82, 2.24) is 14.8 Å². The highest BCUT2D eigenvalue weighted by Crippen LogP contribution is 2.31. The maximum Gasteiger partial charge on any atom is 0.376 e. The second-order valence-corrected chi connectivity index (χ2v) is 5.71. The topological polar surface area (TPSA) is 70.2 Å². The molecule has 0 amide bonds. The Balaban J connectivity index is 2.60. The largest absolute Gasteiger partial charge is 0.463 e. The van der Waals surface area contributed by atoms with Crippen LogP contribution >= 0.6 is 0 Å². The summed E-state index contributed by atoms with van der Waals surface area (Å²) in [6, 6.07) is 0. The van der Waals surface area contributed by atoms with Crippen LogP contribution in [0.5, 0.6) is 0 Å². The van der Waals surface area contributed by atoms with E-state index in [4.69, 9.17) is 9.15 Å². The van der Waals surface area contributed by atoms with Crippen LogP contribution < -0.4 is 0 Å². The number of hydrogen-bond donors (Lipinski definition) is 0. The molecule has 0 radical (unpaired) electrons. The van der Waals surface area contributed by atoms with Crippen molar-refractivity contribution in [2.45, 2.75) is 33.1 Å². The van der Waals surface area contributed by atoms with Crippen LogP contribution in [0.2, 0.25) is 0 Å². The van der Waals surface area contributed by atoms with Gasteiger partial charge in [0.1, 0.15) is 5.69 Å². The summed E-state index contributed by atoms with van der Waals surface area (Å²) in [5.74, 6) is 0.0226. The number of nitrogens with zero attached hydrogens (tertiary/aromatic N) is 3. The number of carbonyl (C=O) groups excluding carboxylic acids is 1. The lowest BCUT2D eigenvalue weighted by Crippen LogP contribution is -2.17. The molecule has 6 nitrogen and oxygen atoms in total. The zero-order chi connectivity index (χ0) is 15.1. The fourth-order valence-electron chi connectivity index (χ4n) is 1.88. The molecule has 0 bridgehead atoms. The van der Waals surface area contributed by atoms with Crippen LogP contribution in [0.4, 0.5) is 0 Å². The van der Waals surface area contributed by atoms with Gasteiger partial charge in [-0.3, -0.25) is 4.68 Å². The van der Waals surface area contributed by atoms with Gasteiger partial charge < -0.3 is 9.15 Å². The molecule has 2 aromatic rings. The fraction of sp³-hybridized carbons (Fsp3) is 0.500. The van der Waals surface area contributed by atoms with E-state index in [-0.39, 0.29) is 11.2 Å². The highest BCUT2D eigenvalue weighted by molar-refractivity contribution is 5.88. The molecule has 108 valence electrons. The molecule has 0 unspecified atom stereocenters. The first-order valence-corrected chi connectivity index (χ1v) is 6.34. The monoisotopic (exact) mass is 277 g/mol. The molecular formula is C14H19N3O3. The Hall–Kier alpha value is -2.11. The van der Waals surface area contributed by atoms with Crippen LogP contribution in [0.3, 0.4) is 0 Å². The number of methoxy groups -OCH3 is 1. The van der Waals surface area contributed by atoms with E-state index in [2.05, 4.69) is 10.1 Å². The highest BCUT2D eigenvalue weighted by Gasteiger charge is 2.30. The predicted molar refractivity (Wildman–Crippen MR) is 73.5 cm³/mol. The predicted octanol–water partition coefficient (Wildman–Crippen LogP) is 2.47. The zero-order valence-corrected chi connectivity index (χ0v) is 12.6. The quantitative estimate of drug-likeness (QED) is 0.789. The third kappa shape index (κ3) is 2.33. The van der Waals surface area contributed by atoms with Gasteiger partial charge in [-0.1, -0.05) is 20.8 Å². The van der Waals surface area contributed by atoms with Gasteiger partial charge in [0.2, 0.25) is 11.7 Å². The van der Waals surface area contributed by atoms with E-state index in [0.717, 1.165) is 11.3 Å². The third-order valence-corrected chi connectivity index (χ3v) is 3.17. The maximum absolute atomic E-state index is 11.8. The van der Waals surface area contributed by atoms with Crippen LogP contribution in [0.1, 0.15) is 42.7 Å². The number of ether oxygens (including phenoxy) is 1. The Labute approximate surface area is 117 Å². The molecule has 0 saturated heterocycles. The molecule has 0 aliphatic heterocycles. The molecule has 0 spiro atoms. The molecule has 2 rings (SSSR count). The van der Waals surface area contributed by atoms with E-state index < -0.39 is 5.97 Å². The van der Waals surface area contributed by atoms with Crippen LogP contribution in [0.15, 0.2) is 10.6 Å². The van der Waals surface area contributed by atoms with Crippen molar-refractivity contribution in [3.8, 4) is 11.5 Å². The molecule has 20 heavy (non-hydrogen) atoms. The lowest BCUT2D eigenvalue weighted by atomic mass is 9.91. The molecule has 0 fully saturated rings. The van der Waals surface area contributed by atoms with Crippen molar-refractivity contribution < 1.29 is 13.9 Å². The average Bonchev–Trinajstić information content (AvgIpc) is 2.93. The highest BCUT2D eigenvalue weighted by atomic mass is 16.5. The Bertz CT molecular complexity index is 647. The summed E-state index contributed by atoms with van der Waals surface area (Å²) >= 11 is 0. The summed E-state index contributed by atoms with van der Waals surface area (Å²) in [5.41, 5.74) is 1.96. The molecule has 0 N–H and O–H groups in total. The zero-order valence-electron chi connectivity index (χ0n) is 12.6. The SMILES string of the molecule is COC(=O)c1oc(-c2cnn(C)c2C)nc1C(C)(C)C. The second-order valence-electron chi connectivity index (χ2n) is 5.71. The number of aromatic nitrogens is 3. The number of hydrogen-bond acceptors (Lipinski definition) is 5. The maximum atomic E-state index is 11.8. The number of oxazole rings is 1. The van der Waals surface area contributed by atoms with Gasteiger partial charge in [0.25, 0.3) is 0 Å². The minimum atomic E-state index is -0.518. The van der Waals surface area contributed by atoms with Crippen molar-refractivity contribution in [3.05, 3.63) is 23.3 Å². The molecular weight excluding hydrogens is 258 g/mol. The van der Waals surface area contributed by atoms with Gasteiger partial charge in [-0.05, 0) is 6.92 Å². The summed E-state index contributed by atoms with van der Waals surface area (Å²) in [6.45, 7) is 7.83. The van der Waals surface area contributed by atoms with Crippen molar-refractivity contribution in [1.29, 1.82) is 0 Å². The van der Waals surface area contributed by atoms with E-state index in [1.165, 1.54) is 7.11 Å². The summed E-state index contributed by atoms with van der Waals surface area (Å²) < 4.78 is 12.1. The van der Waals surface area contributed by atoms with E-state index in [0.29, 0.717) is 11.6 Å². The summed E-state index contributed by atoms with van der Waals surface area (Å²) in [4.78, 5) is 16.3. The lowest BCUT2D eigenvalue weighted by Gasteiger charge is -2.15. The molecule has 2 heterocycles. The summed E-state index contributed by atoms with van der Waals surface area (Å²) in [5, 5.41) is 4.16. The Morgan fingerprint density at radius 1 is 1.40 bits per heavy atom. The molecule has 0 aliphatic rings. The van der Waals surface area contributed by atoms with Gasteiger partial charge in [0.05, 0.1) is 18.9 Å². The van der Waals surface area contributed by atoms with Crippen LogP contribution in [-0.4, -0.2) is 27.8 Å². The van der Waals surface area contributed by atoms with Crippen molar-refractivity contribution in [2.75, 3.05) is 7.11 Å². The van der Waals surface area contributed by atoms with Crippen LogP contribution in [-0.2, 0) is 17.2 Å². The van der Waals surface area contributed by atoms with Crippen molar-refractivity contribution in [3.63, 3.8) is 0 Å². The normalized spacial score (nSPS) is 11.7. The Kier molecular flexibility index (Phi) is 3.41. The smallest absolute Gasteiger partial charge is 0.376 e. The number of carbonyl (C=O) groups is 1. The lowest BCUT2D eigenvalue weighted by molar-refractivity contribution is 0.0562. The Morgan fingerprint density at radius 2 is 2.05 bits per heavy atom. The first-order chi connectivity index (χ1) is 9.25. The van der Waals surface area contributed by atoms with Gasteiger partial charge in [-0.15, -0.1) is 0 Å². The molecule has 0 aliphatic carbocycles. The second kappa shape index (κ2) is 4.77. The van der Waals surface area contributed by atoms with Gasteiger partial charge in [-0.25, -0.2) is 9.78 Å². The van der Waals surface area contributed by atoms with Gasteiger partial charge in [0.15, 0.2) is 0 Å². The van der Waals surface area contributed by atoms with Crippen molar-refractivity contribution in [2.24, 2.45) is 7.05 Å². The first-order valence-electron chi connectivity index (χ1n) is 6.34. The summed E-state index contributed by atoms with van der Waals surface area (Å²) in [7, 11) is 3.17. The summed E-state index contributed by atoms with van der Waals surface area (Å²) in [6.07, 6.45) is 1.68. The molecule has 0 atom stereocenters. The minimum Gasteiger partial charge on any atom is -0.463 e. The van der Waals surface area contributed by atoms with Gasteiger partial charge >= 0.3 is 5.97 Å². The standard InChI is InChI=1S/C14H19N3O3/c1-8-9(7-15-17(8)5)12-16-11(14(2,3)4)10(20-12)13(18)19-6/h7H,1-6H3. The van der Waals surface area contributed by atoms with E-state index in [9.17, 15) is 4.79 Å². The Morgan fingerprint density at radius 3 is 2.50 bits per heavy atom. The number of aryl methyl sites for hydroxylation is 1. The minimum absolute atomic E-state index is 0.151. The van der Waals surface area contributed by atoms with E-state index in [1.54, 1.807) is 10.9 Å². The van der Waals surface area contributed by atoms with Crippen LogP contribution in [0.25, 0.3) is 11.5 Å². The van der Waals surface area contributed by atoms with E-state index in [1.807, 2.05) is 34.7 Å². The van der Waals surface area contributed by atoms with Crippen LogP contribution in [0, 0.1) is 6.92 Å². The van der Waals surface area contributed by atoms with Crippen molar-refractivity contribution >= 4 is 5.97 Å². The van der Waals surface area contributed by atoms with Gasteiger partial charge in [-0.2, -0.15) is 5.10 Å². The average molecular weight is 277 g/mol.